The molecule has 0 saturated heterocycles. The molecule has 0 amide bonds. The summed E-state index contributed by atoms with van der Waals surface area (Å²) < 4.78 is 25.2. The van der Waals surface area contributed by atoms with Crippen molar-refractivity contribution in [3.63, 3.8) is 0 Å². The second-order valence-electron chi connectivity index (χ2n) is 3.68. The highest BCUT2D eigenvalue weighted by Crippen LogP contribution is 2.15. The molecule has 1 rings (SSSR count). The topological polar surface area (TPSA) is 74.1 Å². The van der Waals surface area contributed by atoms with Crippen LogP contribution >= 0.6 is 11.3 Å². The zero-order valence-corrected chi connectivity index (χ0v) is 11.7. The van der Waals surface area contributed by atoms with Gasteiger partial charge in [-0.1, -0.05) is 6.92 Å². The number of aromatic nitrogens is 1. The molecule has 0 aliphatic heterocycles. The molecule has 0 fully saturated rings. The summed E-state index contributed by atoms with van der Waals surface area (Å²) in [5.41, 5.74) is 0.714. The third kappa shape index (κ3) is 3.25. The fraction of sp³-hybridized carbons (Fsp3) is 0.600. The van der Waals surface area contributed by atoms with Gasteiger partial charge in [0.25, 0.3) is 0 Å². The van der Waals surface area contributed by atoms with Crippen molar-refractivity contribution in [2.45, 2.75) is 32.1 Å². The van der Waals surface area contributed by atoms with E-state index in [1.54, 1.807) is 6.92 Å². The molecular formula is C10H15N3O2S2. The summed E-state index contributed by atoms with van der Waals surface area (Å²) in [6, 6.07) is 1.82. The summed E-state index contributed by atoms with van der Waals surface area (Å²) in [7, 11) is -2.08. The van der Waals surface area contributed by atoms with Gasteiger partial charge in [-0.25, -0.2) is 13.4 Å². The maximum absolute atomic E-state index is 12.0. The van der Waals surface area contributed by atoms with Crippen molar-refractivity contribution in [2.75, 3.05) is 7.05 Å². The Hall–Kier alpha value is -0.970. The van der Waals surface area contributed by atoms with Gasteiger partial charge in [-0.2, -0.15) is 9.57 Å². The molecule has 0 bridgehead atoms. The number of rotatable bonds is 5. The third-order valence-electron chi connectivity index (χ3n) is 2.36. The second-order valence-corrected chi connectivity index (χ2v) is 6.97. The first-order valence-corrected chi connectivity index (χ1v) is 7.55. The lowest BCUT2D eigenvalue weighted by molar-refractivity contribution is 0.456. The Morgan fingerprint density at radius 1 is 1.65 bits per heavy atom. The van der Waals surface area contributed by atoms with Crippen LogP contribution in [0.25, 0.3) is 0 Å². The Morgan fingerprint density at radius 2 is 2.29 bits per heavy atom. The standard InChI is InChI=1S/C10H15N3O2S2/c1-4-10(5-11)17(14,15)13(3)6-9-7-16-8(2)12-9/h7,10H,4,6H2,1-3H3. The first kappa shape index (κ1) is 14.1. The van der Waals surface area contributed by atoms with Crippen molar-refractivity contribution in [2.24, 2.45) is 0 Å². The molecule has 7 heteroatoms. The van der Waals surface area contributed by atoms with Crippen LogP contribution in [0.2, 0.25) is 0 Å². The molecule has 5 nitrogen and oxygen atoms in total. The van der Waals surface area contributed by atoms with Crippen LogP contribution in [-0.4, -0.2) is 30.0 Å². The van der Waals surface area contributed by atoms with Crippen molar-refractivity contribution >= 4 is 21.4 Å². The number of hydrogen-bond donors (Lipinski definition) is 0. The van der Waals surface area contributed by atoms with E-state index >= 15 is 0 Å². The van der Waals surface area contributed by atoms with E-state index in [1.807, 2.05) is 18.4 Å². The van der Waals surface area contributed by atoms with Gasteiger partial charge in [0.2, 0.25) is 10.0 Å². The van der Waals surface area contributed by atoms with Gasteiger partial charge >= 0.3 is 0 Å². The van der Waals surface area contributed by atoms with Crippen molar-refractivity contribution in [1.29, 1.82) is 5.26 Å². The van der Waals surface area contributed by atoms with Gasteiger partial charge in [0, 0.05) is 12.4 Å². The van der Waals surface area contributed by atoms with Gasteiger partial charge in [0.15, 0.2) is 5.25 Å². The SMILES string of the molecule is CCC(C#N)S(=O)(=O)N(C)Cc1csc(C)n1. The molecule has 17 heavy (non-hydrogen) atoms. The summed E-state index contributed by atoms with van der Waals surface area (Å²) in [5.74, 6) is 0. The number of hydrogen-bond acceptors (Lipinski definition) is 5. The lowest BCUT2D eigenvalue weighted by Gasteiger charge is -2.18. The summed E-state index contributed by atoms with van der Waals surface area (Å²) in [6.45, 7) is 3.77. The average molecular weight is 273 g/mol. The van der Waals surface area contributed by atoms with Gasteiger partial charge < -0.3 is 0 Å². The predicted octanol–water partition coefficient (Wildman–Crippen LogP) is 1.52. The molecule has 1 atom stereocenters. The van der Waals surface area contributed by atoms with Gasteiger partial charge in [-0.05, 0) is 13.3 Å². The molecule has 0 spiro atoms. The van der Waals surface area contributed by atoms with Crippen molar-refractivity contribution in [1.82, 2.24) is 9.29 Å². The van der Waals surface area contributed by atoms with E-state index in [-0.39, 0.29) is 6.54 Å². The number of aryl methyl sites for hydroxylation is 1. The minimum Gasteiger partial charge on any atom is -0.245 e. The first-order valence-electron chi connectivity index (χ1n) is 5.17. The van der Waals surface area contributed by atoms with Crippen LogP contribution in [0.1, 0.15) is 24.0 Å². The van der Waals surface area contributed by atoms with Crippen LogP contribution < -0.4 is 0 Å². The quantitative estimate of drug-likeness (QED) is 0.815. The van der Waals surface area contributed by atoms with Crippen LogP contribution in [0, 0.1) is 18.3 Å². The summed E-state index contributed by atoms with van der Waals surface area (Å²) in [5, 5.41) is 10.6. The Bertz CT molecular complexity index is 516. The van der Waals surface area contributed by atoms with E-state index in [9.17, 15) is 8.42 Å². The normalized spacial score (nSPS) is 13.6. The van der Waals surface area contributed by atoms with Crippen LogP contribution in [0.4, 0.5) is 0 Å². The molecule has 1 aromatic rings. The van der Waals surface area contributed by atoms with Gasteiger partial charge in [0.05, 0.1) is 23.3 Å². The molecule has 1 heterocycles. The zero-order chi connectivity index (χ0) is 13.1. The van der Waals surface area contributed by atoms with Crippen LogP contribution in [0.15, 0.2) is 5.38 Å². The van der Waals surface area contributed by atoms with Crippen LogP contribution in [-0.2, 0) is 16.6 Å². The largest absolute Gasteiger partial charge is 0.245 e. The highest BCUT2D eigenvalue weighted by molar-refractivity contribution is 7.89. The summed E-state index contributed by atoms with van der Waals surface area (Å²) in [4.78, 5) is 4.20. The fourth-order valence-electron chi connectivity index (χ4n) is 1.38. The van der Waals surface area contributed by atoms with E-state index in [2.05, 4.69) is 4.98 Å². The van der Waals surface area contributed by atoms with E-state index in [0.29, 0.717) is 12.1 Å². The minimum absolute atomic E-state index is 0.213. The highest BCUT2D eigenvalue weighted by atomic mass is 32.2. The second kappa shape index (κ2) is 5.58. The van der Waals surface area contributed by atoms with E-state index in [0.717, 1.165) is 5.01 Å². The van der Waals surface area contributed by atoms with Crippen LogP contribution in [0.3, 0.4) is 0 Å². The third-order valence-corrected chi connectivity index (χ3v) is 5.34. The van der Waals surface area contributed by atoms with E-state index in [4.69, 9.17) is 5.26 Å². The monoisotopic (exact) mass is 273 g/mol. The van der Waals surface area contributed by atoms with E-state index < -0.39 is 15.3 Å². The average Bonchev–Trinajstić information content (AvgIpc) is 2.65. The van der Waals surface area contributed by atoms with Gasteiger partial charge in [-0.3, -0.25) is 0 Å². The molecule has 0 N–H and O–H groups in total. The van der Waals surface area contributed by atoms with Crippen molar-refractivity contribution < 1.29 is 8.42 Å². The van der Waals surface area contributed by atoms with Gasteiger partial charge in [-0.15, -0.1) is 11.3 Å². The molecule has 1 unspecified atom stereocenters. The molecule has 0 saturated carbocycles. The Morgan fingerprint density at radius 3 is 2.71 bits per heavy atom. The fourth-order valence-corrected chi connectivity index (χ4v) is 3.29. The Labute approximate surface area is 106 Å². The summed E-state index contributed by atoms with van der Waals surface area (Å²) in [6.07, 6.45) is 0.291. The lowest BCUT2D eigenvalue weighted by atomic mass is 10.4. The number of thiazole rings is 1. The number of sulfonamides is 1. The molecule has 0 radical (unpaired) electrons. The molecule has 0 aliphatic carbocycles. The smallest absolute Gasteiger partial charge is 0.230 e. The predicted molar refractivity (Wildman–Crippen MR) is 66.9 cm³/mol. The maximum atomic E-state index is 12.0. The van der Waals surface area contributed by atoms with E-state index in [1.165, 1.54) is 22.7 Å². The minimum atomic E-state index is -3.55. The number of nitriles is 1. The summed E-state index contributed by atoms with van der Waals surface area (Å²) >= 11 is 1.48. The van der Waals surface area contributed by atoms with Crippen molar-refractivity contribution in [3.8, 4) is 6.07 Å². The Kier molecular flexibility index (Phi) is 4.62. The Balaban J connectivity index is 2.83. The van der Waals surface area contributed by atoms with Gasteiger partial charge in [0.1, 0.15) is 0 Å². The molecular weight excluding hydrogens is 258 g/mol. The maximum Gasteiger partial charge on any atom is 0.230 e. The van der Waals surface area contributed by atoms with Crippen molar-refractivity contribution in [3.05, 3.63) is 16.1 Å². The lowest BCUT2D eigenvalue weighted by Crippen LogP contribution is -2.34. The molecule has 0 aromatic carbocycles. The van der Waals surface area contributed by atoms with Crippen LogP contribution in [0.5, 0.6) is 0 Å². The zero-order valence-electron chi connectivity index (χ0n) is 10.0. The highest BCUT2D eigenvalue weighted by Gasteiger charge is 2.28. The molecule has 0 aliphatic rings. The molecule has 1 aromatic heterocycles. The number of nitrogens with zero attached hydrogens (tertiary/aromatic N) is 3. The molecule has 94 valence electrons. The first-order chi connectivity index (χ1) is 7.91.